The maximum absolute atomic E-state index is 13.3. The smallest absolute Gasteiger partial charge is 0.183 e. The number of sulfone groups is 1. The molecule has 0 saturated heterocycles. The van der Waals surface area contributed by atoms with Gasteiger partial charge in [0, 0.05) is 11.8 Å². The van der Waals surface area contributed by atoms with E-state index in [-0.39, 0.29) is 5.75 Å². The SMILES string of the molecule is CCS(=O)(=O)C(C)C(=O)c1ccc(F)cc1F. The molecular formula is C11H12F2O3S. The van der Waals surface area contributed by atoms with Gasteiger partial charge in [-0.1, -0.05) is 6.92 Å². The van der Waals surface area contributed by atoms with Gasteiger partial charge in [0.1, 0.15) is 16.9 Å². The van der Waals surface area contributed by atoms with Crippen LogP contribution in [0.1, 0.15) is 24.2 Å². The lowest BCUT2D eigenvalue weighted by molar-refractivity contribution is 0.0987. The van der Waals surface area contributed by atoms with E-state index >= 15 is 0 Å². The first-order chi connectivity index (χ1) is 7.79. The highest BCUT2D eigenvalue weighted by Crippen LogP contribution is 2.15. The van der Waals surface area contributed by atoms with Crippen molar-refractivity contribution >= 4 is 15.6 Å². The molecule has 1 unspecified atom stereocenters. The minimum Gasteiger partial charge on any atom is -0.293 e. The fraction of sp³-hybridized carbons (Fsp3) is 0.364. The van der Waals surface area contributed by atoms with Crippen LogP contribution >= 0.6 is 0 Å². The summed E-state index contributed by atoms with van der Waals surface area (Å²) < 4.78 is 48.9. The molecule has 0 fully saturated rings. The molecule has 0 aliphatic rings. The number of carbonyl (C=O) groups excluding carboxylic acids is 1. The maximum atomic E-state index is 13.3. The summed E-state index contributed by atoms with van der Waals surface area (Å²) in [5.41, 5.74) is -0.407. The van der Waals surface area contributed by atoms with Crippen LogP contribution in [-0.2, 0) is 9.84 Å². The largest absolute Gasteiger partial charge is 0.293 e. The van der Waals surface area contributed by atoms with Gasteiger partial charge in [-0.25, -0.2) is 17.2 Å². The molecule has 0 amide bonds. The fourth-order valence-corrected chi connectivity index (χ4v) is 2.27. The summed E-state index contributed by atoms with van der Waals surface area (Å²) >= 11 is 0. The Balaban J connectivity index is 3.14. The monoisotopic (exact) mass is 262 g/mol. The zero-order chi connectivity index (χ0) is 13.2. The molecule has 0 N–H and O–H groups in total. The van der Waals surface area contributed by atoms with E-state index in [2.05, 4.69) is 0 Å². The van der Waals surface area contributed by atoms with Gasteiger partial charge in [-0.2, -0.15) is 0 Å². The van der Waals surface area contributed by atoms with Crippen molar-refractivity contribution in [3.8, 4) is 0 Å². The Kier molecular flexibility index (Phi) is 3.98. The summed E-state index contributed by atoms with van der Waals surface area (Å²) in [6, 6.07) is 2.43. The molecule has 17 heavy (non-hydrogen) atoms. The molecule has 1 rings (SSSR count). The summed E-state index contributed by atoms with van der Waals surface area (Å²) in [7, 11) is -3.58. The lowest BCUT2D eigenvalue weighted by Gasteiger charge is -2.10. The molecule has 6 heteroatoms. The Morgan fingerprint density at radius 1 is 1.35 bits per heavy atom. The van der Waals surface area contributed by atoms with Crippen LogP contribution in [0, 0.1) is 11.6 Å². The summed E-state index contributed by atoms with van der Waals surface area (Å²) in [4.78, 5) is 11.7. The van der Waals surface area contributed by atoms with Crippen molar-refractivity contribution in [1.29, 1.82) is 0 Å². The first-order valence-corrected chi connectivity index (χ1v) is 6.72. The Bertz CT molecular complexity index is 538. The number of carbonyl (C=O) groups is 1. The van der Waals surface area contributed by atoms with Crippen molar-refractivity contribution in [3.05, 3.63) is 35.4 Å². The third-order valence-corrected chi connectivity index (χ3v) is 4.60. The van der Waals surface area contributed by atoms with Crippen LogP contribution in [0.2, 0.25) is 0 Å². The van der Waals surface area contributed by atoms with Gasteiger partial charge in [-0.15, -0.1) is 0 Å². The summed E-state index contributed by atoms with van der Waals surface area (Å²) in [6.07, 6.45) is 0. The van der Waals surface area contributed by atoms with Crippen LogP contribution in [0.3, 0.4) is 0 Å². The van der Waals surface area contributed by atoms with Crippen molar-refractivity contribution < 1.29 is 22.0 Å². The second-order valence-electron chi connectivity index (χ2n) is 3.58. The molecule has 0 spiro atoms. The molecule has 0 aliphatic carbocycles. The van der Waals surface area contributed by atoms with Crippen molar-refractivity contribution in [3.63, 3.8) is 0 Å². The normalized spacial score (nSPS) is 13.4. The van der Waals surface area contributed by atoms with E-state index in [1.165, 1.54) is 13.8 Å². The average molecular weight is 262 g/mol. The number of Topliss-reactive ketones (excluding diaryl/α,β-unsaturated/α-hetero) is 1. The van der Waals surface area contributed by atoms with Gasteiger partial charge in [0.15, 0.2) is 15.6 Å². The quantitative estimate of drug-likeness (QED) is 0.779. The second-order valence-corrected chi connectivity index (χ2v) is 6.19. The summed E-state index contributed by atoms with van der Waals surface area (Å²) in [5, 5.41) is -1.33. The third kappa shape index (κ3) is 2.88. The van der Waals surface area contributed by atoms with Gasteiger partial charge < -0.3 is 0 Å². The molecule has 94 valence electrons. The fourth-order valence-electron chi connectivity index (χ4n) is 1.32. The zero-order valence-electron chi connectivity index (χ0n) is 9.41. The van der Waals surface area contributed by atoms with Crippen molar-refractivity contribution in [1.82, 2.24) is 0 Å². The third-order valence-electron chi connectivity index (χ3n) is 2.51. The van der Waals surface area contributed by atoms with E-state index < -0.39 is 38.1 Å². The molecule has 0 heterocycles. The van der Waals surface area contributed by atoms with Crippen LogP contribution in [0.4, 0.5) is 8.78 Å². The number of halogens is 2. The summed E-state index contributed by atoms with van der Waals surface area (Å²) in [6.45, 7) is 2.60. The van der Waals surface area contributed by atoms with E-state index in [0.717, 1.165) is 12.1 Å². The second kappa shape index (κ2) is 4.91. The molecule has 0 aromatic heterocycles. The first-order valence-electron chi connectivity index (χ1n) is 5.00. The van der Waals surface area contributed by atoms with Crippen molar-refractivity contribution in [2.24, 2.45) is 0 Å². The van der Waals surface area contributed by atoms with Crippen LogP contribution in [0.25, 0.3) is 0 Å². The van der Waals surface area contributed by atoms with Gasteiger partial charge in [0.05, 0.1) is 5.56 Å². The molecule has 0 radical (unpaired) electrons. The van der Waals surface area contributed by atoms with Crippen LogP contribution in [-0.4, -0.2) is 25.2 Å². The van der Waals surface area contributed by atoms with E-state index in [0.29, 0.717) is 6.07 Å². The van der Waals surface area contributed by atoms with Crippen molar-refractivity contribution in [2.75, 3.05) is 5.75 Å². The standard InChI is InChI=1S/C11H12F2O3S/c1-3-17(15,16)7(2)11(14)9-5-4-8(12)6-10(9)13/h4-7H,3H2,1-2H3. The molecule has 0 saturated carbocycles. The highest BCUT2D eigenvalue weighted by atomic mass is 32.2. The van der Waals surface area contributed by atoms with Crippen LogP contribution < -0.4 is 0 Å². The topological polar surface area (TPSA) is 51.2 Å². The molecule has 1 aromatic carbocycles. The molecule has 0 bridgehead atoms. The lowest BCUT2D eigenvalue weighted by atomic mass is 10.1. The van der Waals surface area contributed by atoms with Gasteiger partial charge in [0.2, 0.25) is 0 Å². The zero-order valence-corrected chi connectivity index (χ0v) is 10.2. The van der Waals surface area contributed by atoms with Crippen LogP contribution in [0.15, 0.2) is 18.2 Å². The van der Waals surface area contributed by atoms with E-state index in [4.69, 9.17) is 0 Å². The minimum absolute atomic E-state index is 0.206. The molecular weight excluding hydrogens is 250 g/mol. The summed E-state index contributed by atoms with van der Waals surface area (Å²) in [5.74, 6) is -2.93. The molecule has 1 atom stereocenters. The van der Waals surface area contributed by atoms with Gasteiger partial charge in [-0.3, -0.25) is 4.79 Å². The minimum atomic E-state index is -3.58. The number of hydrogen-bond donors (Lipinski definition) is 0. The Labute approximate surface area is 98.4 Å². The van der Waals surface area contributed by atoms with Gasteiger partial charge >= 0.3 is 0 Å². The van der Waals surface area contributed by atoms with E-state index in [1.807, 2.05) is 0 Å². The number of hydrogen-bond acceptors (Lipinski definition) is 3. The Morgan fingerprint density at radius 2 is 1.94 bits per heavy atom. The lowest BCUT2D eigenvalue weighted by Crippen LogP contribution is -2.29. The predicted octanol–water partition coefficient (Wildman–Crippen LogP) is 1.97. The highest BCUT2D eigenvalue weighted by molar-refractivity contribution is 7.92. The van der Waals surface area contributed by atoms with Crippen LogP contribution in [0.5, 0.6) is 0 Å². The van der Waals surface area contributed by atoms with E-state index in [1.54, 1.807) is 0 Å². The Morgan fingerprint density at radius 3 is 2.41 bits per heavy atom. The highest BCUT2D eigenvalue weighted by Gasteiger charge is 2.28. The number of benzene rings is 1. The first kappa shape index (κ1) is 13.8. The van der Waals surface area contributed by atoms with Gasteiger partial charge in [-0.05, 0) is 19.1 Å². The molecule has 1 aromatic rings. The average Bonchev–Trinajstić information content (AvgIpc) is 2.27. The van der Waals surface area contributed by atoms with Gasteiger partial charge in [0.25, 0.3) is 0 Å². The maximum Gasteiger partial charge on any atom is 0.183 e. The Hall–Kier alpha value is -1.30. The van der Waals surface area contributed by atoms with Crippen molar-refractivity contribution in [2.45, 2.75) is 19.1 Å². The number of ketones is 1. The van der Waals surface area contributed by atoms with E-state index in [9.17, 15) is 22.0 Å². The number of rotatable bonds is 4. The molecule has 3 nitrogen and oxygen atoms in total. The predicted molar refractivity (Wildman–Crippen MR) is 59.6 cm³/mol. The molecule has 0 aliphatic heterocycles.